The predicted molar refractivity (Wildman–Crippen MR) is 142 cm³/mol. The Labute approximate surface area is 215 Å². The second-order valence-corrected chi connectivity index (χ2v) is 8.86. The Kier molecular flexibility index (Phi) is 12.4. The highest BCUT2D eigenvalue weighted by Crippen LogP contribution is 2.19. The van der Waals surface area contributed by atoms with Gasteiger partial charge in [-0.25, -0.2) is 4.99 Å². The zero-order valence-corrected chi connectivity index (χ0v) is 22.3. The zero-order chi connectivity index (χ0) is 22.8. The molecule has 1 aromatic carbocycles. The van der Waals surface area contributed by atoms with Crippen molar-refractivity contribution >= 4 is 35.8 Å². The van der Waals surface area contributed by atoms with Gasteiger partial charge < -0.3 is 25.8 Å². The third-order valence-electron chi connectivity index (χ3n) is 5.92. The van der Waals surface area contributed by atoms with Gasteiger partial charge in [-0.1, -0.05) is 24.3 Å². The van der Waals surface area contributed by atoms with Gasteiger partial charge in [-0.3, -0.25) is 9.69 Å². The van der Waals surface area contributed by atoms with Gasteiger partial charge >= 0.3 is 0 Å². The van der Waals surface area contributed by atoms with E-state index in [2.05, 4.69) is 53.6 Å². The van der Waals surface area contributed by atoms with E-state index < -0.39 is 0 Å². The van der Waals surface area contributed by atoms with Crippen LogP contribution in [0.3, 0.4) is 0 Å². The number of primary amides is 1. The van der Waals surface area contributed by atoms with Crippen molar-refractivity contribution in [2.75, 3.05) is 39.5 Å². The molecular formula is C24H40IN5O3. The lowest BCUT2D eigenvalue weighted by Crippen LogP contribution is -2.44. The van der Waals surface area contributed by atoms with Crippen LogP contribution in [0.5, 0.6) is 0 Å². The van der Waals surface area contributed by atoms with Gasteiger partial charge in [-0.2, -0.15) is 0 Å². The summed E-state index contributed by atoms with van der Waals surface area (Å²) in [5, 5.41) is 6.74. The number of carbonyl (C=O) groups excluding carboxylic acids is 1. The number of amides is 1. The molecule has 186 valence electrons. The summed E-state index contributed by atoms with van der Waals surface area (Å²) in [4.78, 5) is 18.6. The predicted octanol–water partition coefficient (Wildman–Crippen LogP) is 2.25. The molecule has 2 saturated heterocycles. The number of carbonyl (C=O) groups is 1. The molecule has 0 aliphatic carbocycles. The van der Waals surface area contributed by atoms with Crippen LogP contribution in [0.15, 0.2) is 29.3 Å². The summed E-state index contributed by atoms with van der Waals surface area (Å²) in [6.07, 6.45) is 3.10. The van der Waals surface area contributed by atoms with Crippen LogP contribution in [0.1, 0.15) is 44.2 Å². The molecule has 2 aliphatic heterocycles. The molecule has 9 heteroatoms. The molecule has 1 aromatic rings. The van der Waals surface area contributed by atoms with Crippen LogP contribution in [0.4, 0.5) is 0 Å². The number of nitrogens with zero attached hydrogens (tertiary/aromatic N) is 2. The smallest absolute Gasteiger partial charge is 0.221 e. The van der Waals surface area contributed by atoms with Crippen LogP contribution in [0.25, 0.3) is 0 Å². The van der Waals surface area contributed by atoms with Gasteiger partial charge in [0.1, 0.15) is 0 Å². The number of halogens is 1. The highest BCUT2D eigenvalue weighted by atomic mass is 127. The molecule has 3 rings (SSSR count). The Bertz CT molecular complexity index is 757. The molecule has 0 spiro atoms. The minimum Gasteiger partial charge on any atom is -0.379 e. The lowest BCUT2D eigenvalue weighted by Gasteiger charge is -2.31. The topological polar surface area (TPSA) is 101 Å². The number of piperidine rings is 1. The fraction of sp³-hybridized carbons (Fsp3) is 0.667. The van der Waals surface area contributed by atoms with Crippen LogP contribution in [0.2, 0.25) is 0 Å². The molecular weight excluding hydrogens is 533 g/mol. The minimum absolute atomic E-state index is 0. The Balaban J connectivity index is 0.00000385. The maximum atomic E-state index is 11.5. The van der Waals surface area contributed by atoms with Gasteiger partial charge in [-0.15, -0.1) is 24.0 Å². The number of hydrogen-bond donors (Lipinski definition) is 3. The number of benzene rings is 1. The first kappa shape index (κ1) is 27.8. The molecule has 3 atom stereocenters. The summed E-state index contributed by atoms with van der Waals surface area (Å²) in [5.74, 6) is 0.576. The van der Waals surface area contributed by atoms with Gasteiger partial charge in [0.2, 0.25) is 5.91 Å². The molecule has 2 heterocycles. The lowest BCUT2D eigenvalue weighted by atomic mass is 9.97. The Morgan fingerprint density at radius 2 is 2.18 bits per heavy atom. The number of hydrogen-bond acceptors (Lipinski definition) is 5. The van der Waals surface area contributed by atoms with Crippen molar-refractivity contribution in [3.05, 3.63) is 35.4 Å². The van der Waals surface area contributed by atoms with E-state index >= 15 is 0 Å². The van der Waals surface area contributed by atoms with Crippen molar-refractivity contribution in [2.45, 2.75) is 58.3 Å². The SMILES string of the molecule is CCNC(=NCc1cccc(CN2CCCC(C(N)=O)C2)c1)NC(C)COC1CCOC1.I. The Morgan fingerprint density at radius 1 is 1.36 bits per heavy atom. The molecule has 2 aliphatic rings. The van der Waals surface area contributed by atoms with Crippen LogP contribution in [-0.4, -0.2) is 68.4 Å². The first-order valence-electron chi connectivity index (χ1n) is 11.9. The van der Waals surface area contributed by atoms with Crippen LogP contribution >= 0.6 is 24.0 Å². The van der Waals surface area contributed by atoms with E-state index in [0.29, 0.717) is 19.8 Å². The van der Waals surface area contributed by atoms with Crippen molar-refractivity contribution in [3.63, 3.8) is 0 Å². The summed E-state index contributed by atoms with van der Waals surface area (Å²) in [6.45, 7) is 10.2. The van der Waals surface area contributed by atoms with Crippen molar-refractivity contribution in [2.24, 2.45) is 16.6 Å². The molecule has 2 fully saturated rings. The van der Waals surface area contributed by atoms with E-state index in [-0.39, 0.29) is 47.9 Å². The molecule has 0 bridgehead atoms. The quantitative estimate of drug-likeness (QED) is 0.226. The molecule has 0 aromatic heterocycles. The molecule has 0 saturated carbocycles. The average Bonchev–Trinajstić information content (AvgIpc) is 3.30. The standard InChI is InChI=1S/C24H39N5O3.HI/c1-3-26-24(28-18(2)16-32-22-9-11-31-17-22)27-13-19-6-4-7-20(12-19)14-29-10-5-8-21(15-29)23(25)30;/h4,6-7,12,18,21-22H,3,5,8-11,13-17H2,1-2H3,(H2,25,30)(H2,26,27,28);1H. The third kappa shape index (κ3) is 9.76. The fourth-order valence-electron chi connectivity index (χ4n) is 4.21. The van der Waals surface area contributed by atoms with Crippen LogP contribution in [-0.2, 0) is 27.4 Å². The first-order chi connectivity index (χ1) is 15.5. The third-order valence-corrected chi connectivity index (χ3v) is 5.92. The summed E-state index contributed by atoms with van der Waals surface area (Å²) >= 11 is 0. The summed E-state index contributed by atoms with van der Waals surface area (Å²) in [7, 11) is 0. The lowest BCUT2D eigenvalue weighted by molar-refractivity contribution is -0.123. The second kappa shape index (κ2) is 14.7. The fourth-order valence-corrected chi connectivity index (χ4v) is 4.21. The Morgan fingerprint density at radius 3 is 2.91 bits per heavy atom. The van der Waals surface area contributed by atoms with Crippen molar-refractivity contribution < 1.29 is 14.3 Å². The first-order valence-corrected chi connectivity index (χ1v) is 11.9. The largest absolute Gasteiger partial charge is 0.379 e. The normalized spacial score (nSPS) is 22.4. The minimum atomic E-state index is -0.183. The van der Waals surface area contributed by atoms with E-state index in [1.807, 2.05) is 0 Å². The summed E-state index contributed by atoms with van der Waals surface area (Å²) < 4.78 is 11.3. The molecule has 8 nitrogen and oxygen atoms in total. The highest BCUT2D eigenvalue weighted by molar-refractivity contribution is 14.0. The molecule has 3 unspecified atom stereocenters. The van der Waals surface area contributed by atoms with Crippen molar-refractivity contribution in [1.29, 1.82) is 0 Å². The highest BCUT2D eigenvalue weighted by Gasteiger charge is 2.23. The van der Waals surface area contributed by atoms with Crippen LogP contribution < -0.4 is 16.4 Å². The molecule has 33 heavy (non-hydrogen) atoms. The number of likely N-dealkylation sites (tertiary alicyclic amines) is 1. The number of guanidine groups is 1. The van der Waals surface area contributed by atoms with Gasteiger partial charge in [0, 0.05) is 32.3 Å². The molecule has 4 N–H and O–H groups in total. The molecule has 0 radical (unpaired) electrons. The van der Waals surface area contributed by atoms with E-state index in [1.54, 1.807) is 0 Å². The summed E-state index contributed by atoms with van der Waals surface area (Å²) in [6, 6.07) is 8.67. The number of ether oxygens (including phenoxy) is 2. The van der Waals surface area contributed by atoms with E-state index in [0.717, 1.165) is 63.6 Å². The van der Waals surface area contributed by atoms with Gasteiger partial charge in [0.15, 0.2) is 5.96 Å². The maximum Gasteiger partial charge on any atom is 0.221 e. The zero-order valence-electron chi connectivity index (χ0n) is 19.9. The number of rotatable bonds is 10. The second-order valence-electron chi connectivity index (χ2n) is 8.86. The molecule has 1 amide bonds. The average molecular weight is 574 g/mol. The van der Waals surface area contributed by atoms with Gasteiger partial charge in [-0.05, 0) is 50.8 Å². The van der Waals surface area contributed by atoms with Crippen molar-refractivity contribution in [3.8, 4) is 0 Å². The van der Waals surface area contributed by atoms with Gasteiger partial charge in [0.05, 0.1) is 31.8 Å². The Hall–Kier alpha value is -1.43. The van der Waals surface area contributed by atoms with E-state index in [9.17, 15) is 4.79 Å². The van der Waals surface area contributed by atoms with Crippen LogP contribution in [0, 0.1) is 5.92 Å². The summed E-state index contributed by atoms with van der Waals surface area (Å²) in [5.41, 5.74) is 7.92. The monoisotopic (exact) mass is 573 g/mol. The van der Waals surface area contributed by atoms with Gasteiger partial charge in [0.25, 0.3) is 0 Å². The van der Waals surface area contributed by atoms with E-state index in [4.69, 9.17) is 20.2 Å². The van der Waals surface area contributed by atoms with E-state index in [1.165, 1.54) is 5.56 Å². The maximum absolute atomic E-state index is 11.5. The van der Waals surface area contributed by atoms with Crippen molar-refractivity contribution in [1.82, 2.24) is 15.5 Å². The number of nitrogens with two attached hydrogens (primary N) is 1. The number of aliphatic imine (C=N–C) groups is 1. The number of nitrogens with one attached hydrogen (secondary N) is 2.